The van der Waals surface area contributed by atoms with Crippen molar-refractivity contribution in [1.29, 1.82) is 0 Å². The average molecular weight is 151 g/mol. The van der Waals surface area contributed by atoms with Crippen molar-refractivity contribution >= 4 is 17.1 Å². The Bertz CT molecular complexity index is 236. The van der Waals surface area contributed by atoms with Crippen LogP contribution in [0.2, 0.25) is 0 Å². The topological polar surface area (TPSA) is 12.0 Å². The zero-order chi connectivity index (χ0) is 7.56. The van der Waals surface area contributed by atoms with E-state index in [1.165, 1.54) is 0 Å². The molecule has 0 atom stereocenters. The third-order valence-electron chi connectivity index (χ3n) is 1.36. The first-order valence-corrected chi connectivity index (χ1v) is 3.45. The maximum atomic E-state index is 5.00. The lowest BCUT2D eigenvalue weighted by Gasteiger charge is -2.07. The molecule has 0 unspecified atom stereocenters. The molecule has 0 radical (unpaired) electrons. The Morgan fingerprint density at radius 2 is 2.20 bits per heavy atom. The lowest BCUT2D eigenvalue weighted by molar-refractivity contribution is 1.03. The Kier molecular flexibility index (Phi) is 2.02. The highest BCUT2D eigenvalue weighted by Gasteiger charge is 2.01. The summed E-state index contributed by atoms with van der Waals surface area (Å²) in [7, 11) is 1.87. The van der Waals surface area contributed by atoms with E-state index < -0.39 is 0 Å². The minimum atomic E-state index is 0.812. The lowest BCUT2D eigenvalue weighted by Crippen LogP contribution is -2.09. The number of likely N-dealkylation sites (N-methyl/N-ethyl adjacent to an activating group) is 1. The summed E-state index contributed by atoms with van der Waals surface area (Å²) in [5.41, 5.74) is 1.95. The quantitative estimate of drug-likeness (QED) is 0.451. The lowest BCUT2D eigenvalue weighted by atomic mass is 10.1. The molecule has 1 N–H and O–H groups in total. The number of thiocarbonyl (C=S) groups is 1. The normalized spacial score (nSPS) is 17.1. The second-order valence-corrected chi connectivity index (χ2v) is 2.51. The van der Waals surface area contributed by atoms with Gasteiger partial charge in [0.25, 0.3) is 0 Å². The molecule has 0 aromatic rings. The molecular weight excluding hydrogens is 142 g/mol. The zero-order valence-electron chi connectivity index (χ0n) is 5.85. The van der Waals surface area contributed by atoms with Crippen LogP contribution >= 0.6 is 12.2 Å². The molecule has 0 aliphatic heterocycles. The molecule has 1 aliphatic carbocycles. The Morgan fingerprint density at radius 3 is 2.70 bits per heavy atom. The van der Waals surface area contributed by atoms with Crippen LogP contribution in [0.3, 0.4) is 0 Å². The molecule has 0 aromatic carbocycles. The molecule has 1 nitrogen and oxygen atoms in total. The number of hydrogen-bond acceptors (Lipinski definition) is 2. The summed E-state index contributed by atoms with van der Waals surface area (Å²) in [6, 6.07) is 0. The summed E-state index contributed by atoms with van der Waals surface area (Å²) >= 11 is 5.00. The second kappa shape index (κ2) is 2.80. The Balaban J connectivity index is 2.86. The van der Waals surface area contributed by atoms with E-state index in [1.54, 1.807) is 0 Å². The first-order valence-electron chi connectivity index (χ1n) is 3.05. The van der Waals surface area contributed by atoms with E-state index in [-0.39, 0.29) is 0 Å². The third-order valence-corrected chi connectivity index (χ3v) is 1.74. The highest BCUT2D eigenvalue weighted by molar-refractivity contribution is 7.81. The fraction of sp³-hybridized carbons (Fsp3) is 0.125. The number of allylic oxidation sites excluding steroid dienone is 4. The van der Waals surface area contributed by atoms with Crippen LogP contribution in [0.5, 0.6) is 0 Å². The molecule has 1 rings (SSSR count). The van der Waals surface area contributed by atoms with Crippen LogP contribution in [0.4, 0.5) is 0 Å². The van der Waals surface area contributed by atoms with E-state index in [0.29, 0.717) is 0 Å². The number of hydrogen-bond donors (Lipinski definition) is 1. The van der Waals surface area contributed by atoms with Crippen molar-refractivity contribution in [3.63, 3.8) is 0 Å². The van der Waals surface area contributed by atoms with Gasteiger partial charge in [-0.2, -0.15) is 0 Å². The molecule has 52 valence electrons. The second-order valence-electron chi connectivity index (χ2n) is 2.07. The summed E-state index contributed by atoms with van der Waals surface area (Å²) in [6.45, 7) is 3.76. The van der Waals surface area contributed by atoms with E-state index in [1.807, 2.05) is 25.3 Å². The third kappa shape index (κ3) is 1.33. The van der Waals surface area contributed by atoms with Gasteiger partial charge in [0.15, 0.2) is 0 Å². The van der Waals surface area contributed by atoms with Crippen LogP contribution in [0.1, 0.15) is 0 Å². The minimum absolute atomic E-state index is 0.812. The molecular formula is C8H9NS. The van der Waals surface area contributed by atoms with Gasteiger partial charge in [-0.05, 0) is 17.7 Å². The first kappa shape index (κ1) is 7.22. The van der Waals surface area contributed by atoms with Crippen molar-refractivity contribution in [1.82, 2.24) is 5.32 Å². The Hall–Kier alpha value is -0.890. The van der Waals surface area contributed by atoms with Crippen molar-refractivity contribution < 1.29 is 0 Å². The smallest absolute Gasteiger partial charge is 0.0464 e. The molecule has 2 heteroatoms. The molecule has 0 saturated heterocycles. The molecule has 0 spiro atoms. The molecule has 0 amide bonds. The summed E-state index contributed by atoms with van der Waals surface area (Å²) in [5, 5.41) is 3.00. The van der Waals surface area contributed by atoms with Gasteiger partial charge in [-0.25, -0.2) is 0 Å². The summed E-state index contributed by atoms with van der Waals surface area (Å²) in [6.07, 6.45) is 5.77. The molecule has 0 bridgehead atoms. The molecule has 10 heavy (non-hydrogen) atoms. The van der Waals surface area contributed by atoms with Crippen molar-refractivity contribution in [2.45, 2.75) is 0 Å². The van der Waals surface area contributed by atoms with Crippen LogP contribution in [-0.2, 0) is 0 Å². The predicted octanol–water partition coefficient (Wildman–Crippen LogP) is 1.59. The maximum Gasteiger partial charge on any atom is 0.0464 e. The average Bonchev–Trinajstić information content (AvgIpc) is 1.95. The van der Waals surface area contributed by atoms with Crippen LogP contribution < -0.4 is 5.32 Å². The van der Waals surface area contributed by atoms with Gasteiger partial charge in [0.1, 0.15) is 0 Å². The van der Waals surface area contributed by atoms with Gasteiger partial charge < -0.3 is 5.32 Å². The van der Waals surface area contributed by atoms with Crippen LogP contribution in [-0.4, -0.2) is 11.9 Å². The highest BCUT2D eigenvalue weighted by Crippen LogP contribution is 2.09. The SMILES string of the molecule is C=C1C=CC(NC)=CC1=S. The molecule has 0 heterocycles. The van der Waals surface area contributed by atoms with E-state index >= 15 is 0 Å². The Labute approximate surface area is 66.1 Å². The van der Waals surface area contributed by atoms with Crippen molar-refractivity contribution in [2.75, 3.05) is 7.05 Å². The van der Waals surface area contributed by atoms with Gasteiger partial charge in [-0.3, -0.25) is 0 Å². The molecule has 0 aromatic heterocycles. The highest BCUT2D eigenvalue weighted by atomic mass is 32.1. The number of rotatable bonds is 1. The van der Waals surface area contributed by atoms with Crippen LogP contribution in [0, 0.1) is 0 Å². The minimum Gasteiger partial charge on any atom is -0.388 e. The van der Waals surface area contributed by atoms with Gasteiger partial charge in [-0.15, -0.1) is 0 Å². The predicted molar refractivity (Wildman–Crippen MR) is 48.0 cm³/mol. The maximum absolute atomic E-state index is 5.00. The molecule has 0 fully saturated rings. The monoisotopic (exact) mass is 151 g/mol. The van der Waals surface area contributed by atoms with Crippen molar-refractivity contribution in [3.05, 3.63) is 36.1 Å². The van der Waals surface area contributed by atoms with Crippen molar-refractivity contribution in [3.8, 4) is 0 Å². The fourth-order valence-corrected chi connectivity index (χ4v) is 0.905. The van der Waals surface area contributed by atoms with E-state index in [4.69, 9.17) is 12.2 Å². The Morgan fingerprint density at radius 1 is 1.50 bits per heavy atom. The summed E-state index contributed by atoms with van der Waals surface area (Å²) < 4.78 is 0. The van der Waals surface area contributed by atoms with Crippen molar-refractivity contribution in [2.24, 2.45) is 0 Å². The van der Waals surface area contributed by atoms with Gasteiger partial charge in [-0.1, -0.05) is 24.9 Å². The van der Waals surface area contributed by atoms with Gasteiger partial charge in [0.2, 0.25) is 0 Å². The van der Waals surface area contributed by atoms with Gasteiger partial charge in [0, 0.05) is 17.6 Å². The number of nitrogens with one attached hydrogen (secondary N) is 1. The molecule has 0 saturated carbocycles. The summed E-state index contributed by atoms with van der Waals surface area (Å²) in [4.78, 5) is 0.812. The molecule has 1 aliphatic rings. The standard InChI is InChI=1S/C8H9NS/c1-6-3-4-7(9-2)5-8(6)10/h3-5,9H,1H2,2H3. The van der Waals surface area contributed by atoms with Gasteiger partial charge >= 0.3 is 0 Å². The van der Waals surface area contributed by atoms with Gasteiger partial charge in [0.05, 0.1) is 0 Å². The van der Waals surface area contributed by atoms with Crippen LogP contribution in [0.25, 0.3) is 0 Å². The van der Waals surface area contributed by atoms with E-state index in [0.717, 1.165) is 16.1 Å². The van der Waals surface area contributed by atoms with Crippen LogP contribution in [0.15, 0.2) is 36.1 Å². The summed E-state index contributed by atoms with van der Waals surface area (Å²) in [5.74, 6) is 0. The van der Waals surface area contributed by atoms with E-state index in [2.05, 4.69) is 11.9 Å². The first-order chi connectivity index (χ1) is 4.74. The zero-order valence-corrected chi connectivity index (χ0v) is 6.66. The van der Waals surface area contributed by atoms with E-state index in [9.17, 15) is 0 Å². The largest absolute Gasteiger partial charge is 0.388 e. The fourth-order valence-electron chi connectivity index (χ4n) is 0.710.